The zero-order chi connectivity index (χ0) is 11.0. The van der Waals surface area contributed by atoms with Crippen LogP contribution in [-0.4, -0.2) is 17.6 Å². The summed E-state index contributed by atoms with van der Waals surface area (Å²) in [5, 5.41) is 3.62. The number of hydrogen-bond donors (Lipinski definition) is 1. The van der Waals surface area contributed by atoms with Crippen LogP contribution in [0.1, 0.15) is 24.8 Å². The molecule has 0 aromatic carbocycles. The first kappa shape index (κ1) is 10.5. The van der Waals surface area contributed by atoms with E-state index in [1.54, 1.807) is 0 Å². The molecule has 16 heavy (non-hydrogen) atoms. The molecule has 2 atom stereocenters. The van der Waals surface area contributed by atoms with Gasteiger partial charge in [-0.05, 0) is 64.9 Å². The summed E-state index contributed by atoms with van der Waals surface area (Å²) in [4.78, 5) is 4.26. The zero-order valence-electron chi connectivity index (χ0n) is 9.12. The third kappa shape index (κ3) is 1.82. The summed E-state index contributed by atoms with van der Waals surface area (Å²) >= 11 is 3.49. The summed E-state index contributed by atoms with van der Waals surface area (Å²) in [7, 11) is 0. The van der Waals surface area contributed by atoms with Crippen LogP contribution in [0.3, 0.4) is 0 Å². The lowest BCUT2D eigenvalue weighted by Gasteiger charge is -2.27. The Morgan fingerprint density at radius 2 is 2.25 bits per heavy atom. The van der Waals surface area contributed by atoms with E-state index in [4.69, 9.17) is 0 Å². The van der Waals surface area contributed by atoms with Crippen molar-refractivity contribution in [2.75, 3.05) is 6.54 Å². The first-order valence-electron chi connectivity index (χ1n) is 5.89. The Kier molecular flexibility index (Phi) is 2.82. The maximum atomic E-state index is 4.26. The van der Waals surface area contributed by atoms with Crippen LogP contribution in [0.2, 0.25) is 0 Å². The van der Waals surface area contributed by atoms with Crippen molar-refractivity contribution in [3.8, 4) is 0 Å². The average Bonchev–Trinajstić information content (AvgIpc) is 2.76. The van der Waals surface area contributed by atoms with Crippen molar-refractivity contribution in [3.05, 3.63) is 34.6 Å². The van der Waals surface area contributed by atoms with E-state index in [0.29, 0.717) is 6.04 Å². The van der Waals surface area contributed by atoms with Crippen molar-refractivity contribution >= 4 is 21.5 Å². The fraction of sp³-hybridized carbons (Fsp3) is 0.462. The maximum Gasteiger partial charge on any atom is 0.0410 e. The van der Waals surface area contributed by atoms with E-state index in [1.165, 1.54) is 30.4 Å². The lowest BCUT2D eigenvalue weighted by molar-refractivity contribution is 0.470. The van der Waals surface area contributed by atoms with Crippen molar-refractivity contribution in [2.45, 2.75) is 25.3 Å². The third-order valence-electron chi connectivity index (χ3n) is 3.63. The molecule has 1 aromatic rings. The van der Waals surface area contributed by atoms with Crippen LogP contribution in [0, 0.1) is 5.92 Å². The van der Waals surface area contributed by atoms with Gasteiger partial charge in [0.2, 0.25) is 0 Å². The highest BCUT2D eigenvalue weighted by molar-refractivity contribution is 9.10. The quantitative estimate of drug-likeness (QED) is 0.854. The van der Waals surface area contributed by atoms with E-state index in [-0.39, 0.29) is 0 Å². The predicted molar refractivity (Wildman–Crippen MR) is 69.0 cm³/mol. The summed E-state index contributed by atoms with van der Waals surface area (Å²) in [6.45, 7) is 1.16. The van der Waals surface area contributed by atoms with Gasteiger partial charge in [0.15, 0.2) is 0 Å². The topological polar surface area (TPSA) is 24.9 Å². The van der Waals surface area contributed by atoms with Crippen LogP contribution in [-0.2, 0) is 0 Å². The number of nitrogens with zero attached hydrogens (tertiary/aromatic N) is 1. The van der Waals surface area contributed by atoms with Gasteiger partial charge in [-0.2, -0.15) is 0 Å². The molecule has 1 aromatic heterocycles. The highest BCUT2D eigenvalue weighted by Crippen LogP contribution is 2.36. The normalized spacial score (nSPS) is 28.7. The molecule has 2 heterocycles. The Bertz CT molecular complexity index is 428. The van der Waals surface area contributed by atoms with Crippen LogP contribution >= 0.6 is 15.9 Å². The van der Waals surface area contributed by atoms with Gasteiger partial charge < -0.3 is 5.32 Å². The van der Waals surface area contributed by atoms with E-state index < -0.39 is 0 Å². The van der Waals surface area contributed by atoms with Crippen molar-refractivity contribution in [2.24, 2.45) is 5.92 Å². The largest absolute Gasteiger partial charge is 0.310 e. The maximum absolute atomic E-state index is 4.26. The molecular weight excluding hydrogens is 264 g/mol. The highest BCUT2D eigenvalue weighted by atomic mass is 79.9. The summed E-state index contributed by atoms with van der Waals surface area (Å²) in [6, 6.07) is 2.73. The minimum Gasteiger partial charge on any atom is -0.310 e. The fourth-order valence-corrected chi connectivity index (χ4v) is 3.24. The van der Waals surface area contributed by atoms with E-state index in [2.05, 4.69) is 38.4 Å². The van der Waals surface area contributed by atoms with Crippen LogP contribution < -0.4 is 5.32 Å². The molecule has 0 saturated carbocycles. The van der Waals surface area contributed by atoms with Crippen LogP contribution in [0.5, 0.6) is 0 Å². The molecule has 0 amide bonds. The Morgan fingerprint density at radius 1 is 1.31 bits per heavy atom. The molecule has 3 heteroatoms. The molecule has 1 fully saturated rings. The summed E-state index contributed by atoms with van der Waals surface area (Å²) in [5.74, 6) is 0.832. The van der Waals surface area contributed by atoms with Crippen LogP contribution in [0.4, 0.5) is 0 Å². The number of rotatable bonds is 1. The third-order valence-corrected chi connectivity index (χ3v) is 4.06. The molecule has 2 aliphatic rings. The van der Waals surface area contributed by atoms with Gasteiger partial charge in [-0.25, -0.2) is 0 Å². The molecule has 2 nitrogen and oxygen atoms in total. The lowest BCUT2D eigenvalue weighted by Crippen LogP contribution is -2.30. The molecule has 1 saturated heterocycles. The minimum absolute atomic E-state index is 0.560. The molecular formula is C13H15BrN2. The number of nitrogens with one attached hydrogen (secondary N) is 1. The Balaban J connectivity index is 1.96. The van der Waals surface area contributed by atoms with Crippen molar-refractivity contribution in [1.82, 2.24) is 10.3 Å². The zero-order valence-corrected chi connectivity index (χ0v) is 10.7. The lowest BCUT2D eigenvalue weighted by atomic mass is 9.82. The number of pyridine rings is 1. The molecule has 1 aliphatic heterocycles. The molecule has 0 bridgehead atoms. The van der Waals surface area contributed by atoms with Gasteiger partial charge in [-0.15, -0.1) is 0 Å². The number of halogens is 1. The number of fused-ring (bicyclic) bond motifs is 1. The second-order valence-corrected chi connectivity index (χ2v) is 5.52. The van der Waals surface area contributed by atoms with Gasteiger partial charge in [0, 0.05) is 22.9 Å². The van der Waals surface area contributed by atoms with E-state index in [0.717, 1.165) is 16.9 Å². The van der Waals surface area contributed by atoms with E-state index in [1.807, 2.05) is 12.4 Å². The van der Waals surface area contributed by atoms with Gasteiger partial charge in [-0.1, -0.05) is 6.08 Å². The Labute approximate surface area is 104 Å². The predicted octanol–water partition coefficient (Wildman–Crippen LogP) is 3.00. The van der Waals surface area contributed by atoms with Crippen molar-refractivity contribution in [3.63, 3.8) is 0 Å². The average molecular weight is 279 g/mol. The highest BCUT2D eigenvalue weighted by Gasteiger charge is 2.32. The fourth-order valence-electron chi connectivity index (χ4n) is 2.88. The summed E-state index contributed by atoms with van der Waals surface area (Å²) in [5.41, 5.74) is 2.71. The van der Waals surface area contributed by atoms with Gasteiger partial charge in [0.25, 0.3) is 0 Å². The minimum atomic E-state index is 0.560. The summed E-state index contributed by atoms with van der Waals surface area (Å²) < 4.78 is 1.06. The van der Waals surface area contributed by atoms with Gasteiger partial charge >= 0.3 is 0 Å². The SMILES string of the molecule is Brc1cncc(C2=CCC[C@@H]3CCN[C@H]23)c1. The molecule has 1 aliphatic carbocycles. The second-order valence-electron chi connectivity index (χ2n) is 4.61. The monoisotopic (exact) mass is 278 g/mol. The first-order chi connectivity index (χ1) is 7.84. The molecule has 0 unspecified atom stereocenters. The van der Waals surface area contributed by atoms with Crippen molar-refractivity contribution < 1.29 is 0 Å². The first-order valence-corrected chi connectivity index (χ1v) is 6.68. The van der Waals surface area contributed by atoms with Gasteiger partial charge in [0.1, 0.15) is 0 Å². The summed E-state index contributed by atoms with van der Waals surface area (Å²) in [6.07, 6.45) is 10.1. The van der Waals surface area contributed by atoms with Crippen LogP contribution in [0.15, 0.2) is 29.0 Å². The van der Waals surface area contributed by atoms with Crippen molar-refractivity contribution in [1.29, 1.82) is 0 Å². The number of allylic oxidation sites excluding steroid dienone is 1. The smallest absolute Gasteiger partial charge is 0.0410 e. The standard InChI is InChI=1S/C13H15BrN2/c14-11-6-10(7-15-8-11)12-3-1-2-9-4-5-16-13(9)12/h3,6-9,13,16H,1-2,4-5H2/t9-,13+/m1/s1. The van der Waals surface area contributed by atoms with E-state index in [9.17, 15) is 0 Å². The second kappa shape index (κ2) is 4.30. The Morgan fingerprint density at radius 3 is 3.12 bits per heavy atom. The van der Waals surface area contributed by atoms with Crippen LogP contribution in [0.25, 0.3) is 5.57 Å². The number of hydrogen-bond acceptors (Lipinski definition) is 2. The molecule has 0 spiro atoms. The Hall–Kier alpha value is -0.670. The molecule has 0 radical (unpaired) electrons. The van der Waals surface area contributed by atoms with E-state index >= 15 is 0 Å². The van der Waals surface area contributed by atoms with Gasteiger partial charge in [0.05, 0.1) is 0 Å². The molecule has 84 valence electrons. The molecule has 1 N–H and O–H groups in total. The molecule has 3 rings (SSSR count). The number of aromatic nitrogens is 1. The van der Waals surface area contributed by atoms with Gasteiger partial charge in [-0.3, -0.25) is 4.98 Å².